The molecule has 1 aromatic heterocycles. The summed E-state index contributed by atoms with van der Waals surface area (Å²) in [5.41, 5.74) is 1.89. The van der Waals surface area contributed by atoms with Crippen molar-refractivity contribution in [2.75, 3.05) is 26.1 Å². The maximum Gasteiger partial charge on any atom is 0.342 e. The molecule has 2 aromatic rings. The first-order valence-corrected chi connectivity index (χ1v) is 8.06. The van der Waals surface area contributed by atoms with Gasteiger partial charge in [-0.15, -0.1) is 0 Å². The topological polar surface area (TPSA) is 86.8 Å². The van der Waals surface area contributed by atoms with Gasteiger partial charge in [-0.3, -0.25) is 4.79 Å². The number of pyridine rings is 1. The third-order valence-corrected chi connectivity index (χ3v) is 3.80. The molecule has 26 heavy (non-hydrogen) atoms. The summed E-state index contributed by atoms with van der Waals surface area (Å²) < 4.78 is 15.3. The molecule has 0 saturated carbocycles. The average Bonchev–Trinajstić information content (AvgIpc) is 2.59. The highest BCUT2D eigenvalue weighted by Crippen LogP contribution is 2.29. The number of hydrogen-bond acceptors (Lipinski definition) is 6. The fourth-order valence-electron chi connectivity index (χ4n) is 2.33. The molecule has 1 heterocycles. The number of benzene rings is 1. The highest BCUT2D eigenvalue weighted by molar-refractivity contribution is 6.32. The Hall–Kier alpha value is -2.80. The Morgan fingerprint density at radius 1 is 1.15 bits per heavy atom. The Morgan fingerprint density at radius 2 is 1.88 bits per heavy atom. The fraction of sp³-hybridized carbons (Fsp3) is 0.278. The quantitative estimate of drug-likeness (QED) is 0.613. The summed E-state index contributed by atoms with van der Waals surface area (Å²) in [4.78, 5) is 28.3. The lowest BCUT2D eigenvalue weighted by Gasteiger charge is -2.12. The van der Waals surface area contributed by atoms with Crippen LogP contribution in [0.2, 0.25) is 5.15 Å². The second-order valence-corrected chi connectivity index (χ2v) is 5.79. The van der Waals surface area contributed by atoms with Crippen molar-refractivity contribution in [3.63, 3.8) is 0 Å². The van der Waals surface area contributed by atoms with Gasteiger partial charge < -0.3 is 19.5 Å². The van der Waals surface area contributed by atoms with E-state index >= 15 is 0 Å². The number of methoxy groups -OCH3 is 2. The first-order valence-electron chi connectivity index (χ1n) is 7.68. The number of anilines is 1. The van der Waals surface area contributed by atoms with Crippen molar-refractivity contribution in [2.45, 2.75) is 13.8 Å². The van der Waals surface area contributed by atoms with E-state index in [4.69, 9.17) is 25.8 Å². The van der Waals surface area contributed by atoms with Gasteiger partial charge in [-0.05, 0) is 37.6 Å². The number of nitrogens with zero attached hydrogens (tertiary/aromatic N) is 1. The molecule has 0 aliphatic carbocycles. The minimum atomic E-state index is -0.711. The van der Waals surface area contributed by atoms with Gasteiger partial charge in [-0.1, -0.05) is 11.6 Å². The molecule has 1 aromatic carbocycles. The highest BCUT2D eigenvalue weighted by Gasteiger charge is 2.18. The Kier molecular flexibility index (Phi) is 6.41. The number of amides is 1. The van der Waals surface area contributed by atoms with Gasteiger partial charge in [0.15, 0.2) is 6.61 Å². The number of hydrogen-bond donors (Lipinski definition) is 1. The van der Waals surface area contributed by atoms with E-state index in [1.165, 1.54) is 14.2 Å². The van der Waals surface area contributed by atoms with Gasteiger partial charge in [-0.25, -0.2) is 9.78 Å². The van der Waals surface area contributed by atoms with Crippen molar-refractivity contribution < 1.29 is 23.8 Å². The SMILES string of the molecule is COc1ccc(NC(=O)COC(=O)c2c(C)cc(C)nc2Cl)c(OC)c1. The molecule has 0 bridgehead atoms. The van der Waals surface area contributed by atoms with Crippen LogP contribution in [0.25, 0.3) is 0 Å². The maximum absolute atomic E-state index is 12.2. The number of nitrogens with one attached hydrogen (secondary N) is 1. The van der Waals surface area contributed by atoms with Crippen LogP contribution in [0.1, 0.15) is 21.6 Å². The minimum absolute atomic E-state index is 0.0460. The molecule has 1 amide bonds. The zero-order valence-electron chi connectivity index (χ0n) is 14.9. The smallest absolute Gasteiger partial charge is 0.342 e. The van der Waals surface area contributed by atoms with Gasteiger partial charge in [0.25, 0.3) is 5.91 Å². The molecule has 1 N–H and O–H groups in total. The number of carbonyl (C=O) groups is 2. The zero-order valence-corrected chi connectivity index (χ0v) is 15.6. The van der Waals surface area contributed by atoms with E-state index in [0.29, 0.717) is 28.4 Å². The average molecular weight is 379 g/mol. The van der Waals surface area contributed by atoms with Crippen molar-refractivity contribution in [3.8, 4) is 11.5 Å². The van der Waals surface area contributed by atoms with Crippen LogP contribution in [0.15, 0.2) is 24.3 Å². The summed E-state index contributed by atoms with van der Waals surface area (Å²) in [6.07, 6.45) is 0. The molecular formula is C18H19ClN2O5. The molecule has 138 valence electrons. The van der Waals surface area contributed by atoms with Gasteiger partial charge in [0.05, 0.1) is 25.5 Å². The monoisotopic (exact) mass is 378 g/mol. The summed E-state index contributed by atoms with van der Waals surface area (Å²) in [6.45, 7) is 3.01. The van der Waals surface area contributed by atoms with E-state index in [1.807, 2.05) is 0 Å². The predicted molar refractivity (Wildman–Crippen MR) is 97.2 cm³/mol. The lowest BCUT2D eigenvalue weighted by Crippen LogP contribution is -2.22. The van der Waals surface area contributed by atoms with E-state index in [9.17, 15) is 9.59 Å². The molecule has 0 atom stereocenters. The van der Waals surface area contributed by atoms with Crippen molar-refractivity contribution in [1.82, 2.24) is 4.98 Å². The van der Waals surface area contributed by atoms with E-state index in [2.05, 4.69) is 10.3 Å². The van der Waals surface area contributed by atoms with E-state index in [1.54, 1.807) is 38.1 Å². The summed E-state index contributed by atoms with van der Waals surface area (Å²) in [6, 6.07) is 6.64. The van der Waals surface area contributed by atoms with Crippen molar-refractivity contribution in [2.24, 2.45) is 0 Å². The number of halogens is 1. The number of carbonyl (C=O) groups excluding carboxylic acids is 2. The van der Waals surface area contributed by atoms with Gasteiger partial charge in [0, 0.05) is 11.8 Å². The number of ether oxygens (including phenoxy) is 3. The van der Waals surface area contributed by atoms with Crippen molar-refractivity contribution in [1.29, 1.82) is 0 Å². The fourth-order valence-corrected chi connectivity index (χ4v) is 2.69. The van der Waals surface area contributed by atoms with Gasteiger partial charge in [0.2, 0.25) is 0 Å². The summed E-state index contributed by atoms with van der Waals surface area (Å²) in [7, 11) is 3.00. The second kappa shape index (κ2) is 8.53. The van der Waals surface area contributed by atoms with E-state index in [-0.39, 0.29) is 10.7 Å². The molecule has 7 nitrogen and oxygen atoms in total. The first-order chi connectivity index (χ1) is 12.3. The van der Waals surface area contributed by atoms with Crippen LogP contribution in [-0.4, -0.2) is 37.7 Å². The van der Waals surface area contributed by atoms with Crippen LogP contribution in [-0.2, 0) is 9.53 Å². The molecule has 2 rings (SSSR count). The Bertz CT molecular complexity index is 815. The van der Waals surface area contributed by atoms with Gasteiger partial charge >= 0.3 is 5.97 Å². The van der Waals surface area contributed by atoms with Crippen LogP contribution < -0.4 is 14.8 Å². The van der Waals surface area contributed by atoms with Crippen LogP contribution in [0.3, 0.4) is 0 Å². The predicted octanol–water partition coefficient (Wildman–Crippen LogP) is 3.16. The summed E-state index contributed by atoms with van der Waals surface area (Å²) in [5, 5.41) is 2.66. The Morgan fingerprint density at radius 3 is 2.50 bits per heavy atom. The molecule has 8 heteroatoms. The van der Waals surface area contributed by atoms with Crippen LogP contribution in [0.4, 0.5) is 5.69 Å². The Labute approximate surface area is 156 Å². The largest absolute Gasteiger partial charge is 0.497 e. The number of aromatic nitrogens is 1. The number of rotatable bonds is 6. The lowest BCUT2D eigenvalue weighted by molar-refractivity contribution is -0.119. The second-order valence-electron chi connectivity index (χ2n) is 5.44. The molecule has 0 radical (unpaired) electrons. The molecule has 0 fully saturated rings. The Balaban J connectivity index is 2.02. The van der Waals surface area contributed by atoms with Crippen LogP contribution in [0, 0.1) is 13.8 Å². The third kappa shape index (κ3) is 4.64. The zero-order chi connectivity index (χ0) is 19.3. The van der Waals surface area contributed by atoms with Gasteiger partial charge in [-0.2, -0.15) is 0 Å². The van der Waals surface area contributed by atoms with E-state index in [0.717, 1.165) is 0 Å². The number of aryl methyl sites for hydroxylation is 2. The van der Waals surface area contributed by atoms with Gasteiger partial charge in [0.1, 0.15) is 16.7 Å². The highest BCUT2D eigenvalue weighted by atomic mass is 35.5. The first kappa shape index (κ1) is 19.5. The van der Waals surface area contributed by atoms with Crippen LogP contribution >= 0.6 is 11.6 Å². The number of esters is 1. The standard InChI is InChI=1S/C18H19ClN2O5/c1-10-7-11(2)20-17(19)16(10)18(23)26-9-15(22)21-13-6-5-12(24-3)8-14(13)25-4/h5-8H,9H2,1-4H3,(H,21,22). The van der Waals surface area contributed by atoms with E-state index < -0.39 is 18.5 Å². The molecular weight excluding hydrogens is 360 g/mol. The lowest BCUT2D eigenvalue weighted by atomic mass is 10.1. The van der Waals surface area contributed by atoms with Crippen LogP contribution in [0.5, 0.6) is 11.5 Å². The molecule has 0 saturated heterocycles. The molecule has 0 unspecified atom stereocenters. The molecule has 0 aliphatic rings. The minimum Gasteiger partial charge on any atom is -0.497 e. The third-order valence-electron chi connectivity index (χ3n) is 3.52. The normalized spacial score (nSPS) is 10.2. The molecule has 0 spiro atoms. The molecule has 0 aliphatic heterocycles. The van der Waals surface area contributed by atoms with Crippen molar-refractivity contribution >= 4 is 29.2 Å². The maximum atomic E-state index is 12.2. The van der Waals surface area contributed by atoms with Crippen molar-refractivity contribution in [3.05, 3.63) is 46.2 Å². The summed E-state index contributed by atoms with van der Waals surface area (Å²) >= 11 is 6.00. The summed E-state index contributed by atoms with van der Waals surface area (Å²) in [5.74, 6) is -0.221.